The number of aryl methyl sites for hydroxylation is 1. The van der Waals surface area contributed by atoms with Crippen LogP contribution in [0.1, 0.15) is 38.3 Å². The molecule has 0 saturated carbocycles. The van der Waals surface area contributed by atoms with Gasteiger partial charge < -0.3 is 10.4 Å². The van der Waals surface area contributed by atoms with E-state index < -0.39 is 6.10 Å². The third-order valence-electron chi connectivity index (χ3n) is 3.07. The van der Waals surface area contributed by atoms with Crippen molar-refractivity contribution in [2.75, 3.05) is 6.54 Å². The molecule has 0 aromatic heterocycles. The number of nitrogens with one attached hydrogen (secondary N) is 1. The Morgan fingerprint density at radius 2 is 1.95 bits per heavy atom. The maximum atomic E-state index is 11.6. The van der Waals surface area contributed by atoms with Crippen LogP contribution in [0.15, 0.2) is 30.3 Å². The van der Waals surface area contributed by atoms with Gasteiger partial charge in [0.2, 0.25) is 5.91 Å². The van der Waals surface area contributed by atoms with Crippen LogP contribution >= 0.6 is 0 Å². The number of carbonyl (C=O) groups excluding carboxylic acids is 1. The Labute approximate surface area is 121 Å². The number of rotatable bonds is 7. The van der Waals surface area contributed by atoms with Crippen molar-refractivity contribution in [3.63, 3.8) is 0 Å². The van der Waals surface area contributed by atoms with Crippen LogP contribution < -0.4 is 5.32 Å². The fourth-order valence-corrected chi connectivity index (χ4v) is 1.94. The van der Waals surface area contributed by atoms with Crippen LogP contribution in [0.3, 0.4) is 0 Å². The molecular formula is C17H25NO2. The molecule has 110 valence electrons. The van der Waals surface area contributed by atoms with E-state index >= 15 is 0 Å². The Kier molecular flexibility index (Phi) is 7.02. The third-order valence-corrected chi connectivity index (χ3v) is 3.07. The molecule has 1 amide bonds. The lowest BCUT2D eigenvalue weighted by atomic mass is 10.1. The third kappa shape index (κ3) is 6.53. The predicted molar refractivity (Wildman–Crippen MR) is 83.3 cm³/mol. The van der Waals surface area contributed by atoms with E-state index in [1.165, 1.54) is 11.6 Å². The van der Waals surface area contributed by atoms with E-state index in [9.17, 15) is 9.90 Å². The second kappa shape index (κ2) is 8.54. The highest BCUT2D eigenvalue weighted by atomic mass is 16.3. The number of hydrogen-bond donors (Lipinski definition) is 2. The zero-order valence-electron chi connectivity index (χ0n) is 12.6. The van der Waals surface area contributed by atoms with E-state index in [0.29, 0.717) is 18.9 Å². The van der Waals surface area contributed by atoms with Crippen molar-refractivity contribution >= 4 is 12.0 Å². The number of amides is 1. The first kappa shape index (κ1) is 16.4. The fraction of sp³-hybridized carbons (Fsp3) is 0.471. The quantitative estimate of drug-likeness (QED) is 0.752. The van der Waals surface area contributed by atoms with Gasteiger partial charge in [-0.1, -0.05) is 45.0 Å². The molecule has 1 unspecified atom stereocenters. The Morgan fingerprint density at radius 1 is 1.30 bits per heavy atom. The van der Waals surface area contributed by atoms with E-state index in [-0.39, 0.29) is 5.91 Å². The van der Waals surface area contributed by atoms with E-state index in [1.54, 1.807) is 6.08 Å². The molecule has 3 nitrogen and oxygen atoms in total. The smallest absolute Gasteiger partial charge is 0.244 e. The van der Waals surface area contributed by atoms with Gasteiger partial charge >= 0.3 is 0 Å². The van der Waals surface area contributed by atoms with Crippen LogP contribution in [0, 0.1) is 5.92 Å². The summed E-state index contributed by atoms with van der Waals surface area (Å²) in [7, 11) is 0. The summed E-state index contributed by atoms with van der Waals surface area (Å²) in [4.78, 5) is 11.6. The highest BCUT2D eigenvalue weighted by Gasteiger charge is 2.07. The summed E-state index contributed by atoms with van der Waals surface area (Å²) in [5.41, 5.74) is 2.28. The van der Waals surface area contributed by atoms with E-state index in [0.717, 1.165) is 12.0 Å². The minimum absolute atomic E-state index is 0.174. The normalized spacial score (nSPS) is 12.8. The van der Waals surface area contributed by atoms with Crippen LogP contribution in [-0.2, 0) is 11.2 Å². The Balaban J connectivity index is 2.39. The van der Waals surface area contributed by atoms with Crippen LogP contribution in [0.5, 0.6) is 0 Å². The van der Waals surface area contributed by atoms with Crippen molar-refractivity contribution in [1.82, 2.24) is 5.32 Å². The van der Waals surface area contributed by atoms with Gasteiger partial charge in [0.25, 0.3) is 0 Å². The summed E-state index contributed by atoms with van der Waals surface area (Å²) in [6, 6.07) is 8.11. The van der Waals surface area contributed by atoms with Gasteiger partial charge in [-0.25, -0.2) is 0 Å². The van der Waals surface area contributed by atoms with Gasteiger partial charge in [0, 0.05) is 12.6 Å². The number of carbonyl (C=O) groups is 1. The predicted octanol–water partition coefficient (Wildman–Crippen LogP) is 2.79. The summed E-state index contributed by atoms with van der Waals surface area (Å²) >= 11 is 0. The molecule has 1 aromatic rings. The molecular weight excluding hydrogens is 250 g/mol. The molecule has 0 aliphatic heterocycles. The molecule has 0 bridgehead atoms. The van der Waals surface area contributed by atoms with E-state index in [1.807, 2.05) is 26.0 Å². The van der Waals surface area contributed by atoms with Gasteiger partial charge in [0.05, 0.1) is 6.10 Å². The molecule has 0 saturated heterocycles. The zero-order valence-corrected chi connectivity index (χ0v) is 12.6. The lowest BCUT2D eigenvalue weighted by Gasteiger charge is -2.12. The Bertz CT molecular complexity index is 435. The molecule has 0 fully saturated rings. The second-order valence-electron chi connectivity index (χ2n) is 5.46. The molecule has 0 radical (unpaired) electrons. The van der Waals surface area contributed by atoms with Gasteiger partial charge in [-0.2, -0.15) is 0 Å². The monoisotopic (exact) mass is 275 g/mol. The maximum Gasteiger partial charge on any atom is 0.244 e. The molecule has 1 atom stereocenters. The number of benzene rings is 1. The summed E-state index contributed by atoms with van der Waals surface area (Å²) < 4.78 is 0. The summed E-state index contributed by atoms with van der Waals surface area (Å²) in [5.74, 6) is 0.252. The first-order valence-corrected chi connectivity index (χ1v) is 7.24. The lowest BCUT2D eigenvalue weighted by molar-refractivity contribution is -0.116. The number of hydrogen-bond acceptors (Lipinski definition) is 2. The first-order valence-electron chi connectivity index (χ1n) is 7.24. The van der Waals surface area contributed by atoms with E-state index in [4.69, 9.17) is 0 Å². The van der Waals surface area contributed by atoms with Crippen molar-refractivity contribution in [2.45, 2.75) is 39.7 Å². The highest BCUT2D eigenvalue weighted by molar-refractivity contribution is 5.91. The average molecular weight is 275 g/mol. The first-order chi connectivity index (χ1) is 9.51. The topological polar surface area (TPSA) is 49.3 Å². The highest BCUT2D eigenvalue weighted by Crippen LogP contribution is 2.06. The molecule has 3 heteroatoms. The van der Waals surface area contributed by atoms with Crippen molar-refractivity contribution in [2.24, 2.45) is 5.92 Å². The minimum Gasteiger partial charge on any atom is -0.391 e. The standard InChI is InChI=1S/C17H25NO2/c1-4-14-5-7-15(8-6-14)9-10-17(20)18-12-16(19)11-13(2)3/h5-10,13,16,19H,4,11-12H2,1-3H3,(H,18,20)/b10-9+. The molecule has 20 heavy (non-hydrogen) atoms. The summed E-state index contributed by atoms with van der Waals surface area (Å²) in [6.07, 6.45) is 4.52. The SMILES string of the molecule is CCc1ccc(/C=C/C(=O)NCC(O)CC(C)C)cc1. The average Bonchev–Trinajstić information content (AvgIpc) is 2.42. The van der Waals surface area contributed by atoms with Gasteiger partial charge in [0.1, 0.15) is 0 Å². The van der Waals surface area contributed by atoms with Crippen molar-refractivity contribution < 1.29 is 9.90 Å². The minimum atomic E-state index is -0.476. The lowest BCUT2D eigenvalue weighted by Crippen LogP contribution is -2.31. The van der Waals surface area contributed by atoms with Gasteiger partial charge in [-0.05, 0) is 36.0 Å². The van der Waals surface area contributed by atoms with Crippen LogP contribution in [0.2, 0.25) is 0 Å². The van der Waals surface area contributed by atoms with Crippen LogP contribution in [0.4, 0.5) is 0 Å². The van der Waals surface area contributed by atoms with Gasteiger partial charge in [0.15, 0.2) is 0 Å². The van der Waals surface area contributed by atoms with Crippen LogP contribution in [0.25, 0.3) is 6.08 Å². The molecule has 0 spiro atoms. The van der Waals surface area contributed by atoms with E-state index in [2.05, 4.69) is 24.4 Å². The maximum absolute atomic E-state index is 11.6. The molecule has 1 rings (SSSR count). The largest absolute Gasteiger partial charge is 0.391 e. The molecule has 0 heterocycles. The molecule has 2 N–H and O–H groups in total. The van der Waals surface area contributed by atoms with Crippen LogP contribution in [-0.4, -0.2) is 23.7 Å². The molecule has 0 aliphatic rings. The summed E-state index contributed by atoms with van der Waals surface area (Å²) in [6.45, 7) is 6.51. The van der Waals surface area contributed by atoms with Gasteiger partial charge in [-0.15, -0.1) is 0 Å². The fourth-order valence-electron chi connectivity index (χ4n) is 1.94. The number of aliphatic hydroxyl groups is 1. The summed E-state index contributed by atoms with van der Waals surface area (Å²) in [5, 5.41) is 12.4. The Hall–Kier alpha value is -1.61. The zero-order chi connectivity index (χ0) is 15.0. The molecule has 0 aliphatic carbocycles. The Morgan fingerprint density at radius 3 is 2.50 bits per heavy atom. The van der Waals surface area contributed by atoms with Crippen molar-refractivity contribution in [3.8, 4) is 0 Å². The van der Waals surface area contributed by atoms with Crippen molar-refractivity contribution in [1.29, 1.82) is 0 Å². The number of aliphatic hydroxyl groups excluding tert-OH is 1. The second-order valence-corrected chi connectivity index (χ2v) is 5.46. The van der Waals surface area contributed by atoms with Crippen molar-refractivity contribution in [3.05, 3.63) is 41.5 Å². The molecule has 1 aromatic carbocycles. The van der Waals surface area contributed by atoms with Gasteiger partial charge in [-0.3, -0.25) is 4.79 Å².